The maximum atomic E-state index is 10.3. The zero-order valence-electron chi connectivity index (χ0n) is 9.67. The normalized spacial score (nSPS) is 19.3. The van der Waals surface area contributed by atoms with Crippen LogP contribution in [0.1, 0.15) is 10.4 Å². The molecular weight excluding hydrogens is 312 g/mol. The number of ether oxygens (including phenoxy) is 1. The number of aliphatic hydroxyl groups is 1. The molecule has 18 heavy (non-hydrogen) atoms. The van der Waals surface area contributed by atoms with E-state index < -0.39 is 6.10 Å². The minimum Gasteiger partial charge on any atom is -0.487 e. The van der Waals surface area contributed by atoms with Crippen molar-refractivity contribution in [1.82, 2.24) is 0 Å². The van der Waals surface area contributed by atoms with Crippen LogP contribution in [-0.2, 0) is 12.8 Å². The Hall–Kier alpha value is -0.840. The fourth-order valence-corrected chi connectivity index (χ4v) is 3.78. The lowest BCUT2D eigenvalue weighted by Gasteiger charge is -2.17. The molecule has 1 aliphatic rings. The smallest absolute Gasteiger partial charge is 0.129 e. The van der Waals surface area contributed by atoms with E-state index in [9.17, 15) is 5.11 Å². The van der Waals surface area contributed by atoms with Gasteiger partial charge in [-0.1, -0.05) is 18.2 Å². The van der Waals surface area contributed by atoms with Crippen LogP contribution in [0.15, 0.2) is 40.2 Å². The van der Waals surface area contributed by atoms with E-state index in [1.165, 1.54) is 10.4 Å². The molecule has 0 spiro atoms. The Bertz CT molecular complexity index is 527. The molecule has 0 radical (unpaired) electrons. The molecule has 0 fully saturated rings. The Kier molecular flexibility index (Phi) is 3.41. The van der Waals surface area contributed by atoms with Crippen molar-refractivity contribution in [1.29, 1.82) is 0 Å². The van der Waals surface area contributed by atoms with Gasteiger partial charge in [-0.3, -0.25) is 0 Å². The van der Waals surface area contributed by atoms with Crippen LogP contribution < -0.4 is 4.74 Å². The summed E-state index contributed by atoms with van der Waals surface area (Å²) in [6.07, 6.45) is 0.834. The van der Waals surface area contributed by atoms with Gasteiger partial charge < -0.3 is 9.84 Å². The molecular formula is C14H13BrO2S. The number of benzene rings is 1. The highest BCUT2D eigenvalue weighted by Gasteiger charge is 2.29. The summed E-state index contributed by atoms with van der Waals surface area (Å²) in [6.45, 7) is 0. The summed E-state index contributed by atoms with van der Waals surface area (Å²) in [7, 11) is 0. The third-order valence-electron chi connectivity index (χ3n) is 3.19. The van der Waals surface area contributed by atoms with Crippen LogP contribution >= 0.6 is 27.3 Å². The molecule has 0 amide bonds. The van der Waals surface area contributed by atoms with Crippen molar-refractivity contribution >= 4 is 27.3 Å². The molecule has 1 aliphatic heterocycles. The first-order valence-corrected chi connectivity index (χ1v) is 7.56. The zero-order chi connectivity index (χ0) is 12.5. The van der Waals surface area contributed by atoms with Gasteiger partial charge in [-0.15, -0.1) is 11.3 Å². The minimum absolute atomic E-state index is 0.128. The topological polar surface area (TPSA) is 29.5 Å². The number of rotatable bonds is 3. The van der Waals surface area contributed by atoms with E-state index in [0.717, 1.165) is 16.6 Å². The van der Waals surface area contributed by atoms with E-state index in [2.05, 4.69) is 22.0 Å². The third-order valence-corrected chi connectivity index (χ3v) is 5.14. The van der Waals surface area contributed by atoms with Crippen LogP contribution in [0.5, 0.6) is 5.75 Å². The van der Waals surface area contributed by atoms with Gasteiger partial charge in [0.2, 0.25) is 0 Å². The number of hydrogen-bond acceptors (Lipinski definition) is 3. The summed E-state index contributed by atoms with van der Waals surface area (Å²) in [5.74, 6) is 0.909. The molecule has 1 aromatic heterocycles. The molecule has 94 valence electrons. The highest BCUT2D eigenvalue weighted by molar-refractivity contribution is 9.10. The summed E-state index contributed by atoms with van der Waals surface area (Å²) in [5, 5.41) is 12.3. The van der Waals surface area contributed by atoms with Gasteiger partial charge in [0.1, 0.15) is 11.9 Å². The van der Waals surface area contributed by atoms with Crippen molar-refractivity contribution in [2.45, 2.75) is 25.0 Å². The number of halogens is 1. The summed E-state index contributed by atoms with van der Waals surface area (Å²) in [5.41, 5.74) is 1.19. The molecule has 1 aromatic carbocycles. The molecule has 2 nitrogen and oxygen atoms in total. The number of fused-ring (bicyclic) bond motifs is 1. The van der Waals surface area contributed by atoms with Gasteiger partial charge in [-0.2, -0.15) is 0 Å². The Morgan fingerprint density at radius 1 is 1.39 bits per heavy atom. The summed E-state index contributed by atoms with van der Waals surface area (Å²) in [6, 6.07) is 10.00. The molecule has 1 N–H and O–H groups in total. The molecule has 0 aliphatic carbocycles. The van der Waals surface area contributed by atoms with E-state index in [-0.39, 0.29) is 6.10 Å². The van der Waals surface area contributed by atoms with Crippen molar-refractivity contribution in [2.24, 2.45) is 0 Å². The second-order valence-electron chi connectivity index (χ2n) is 4.43. The first-order valence-electron chi connectivity index (χ1n) is 5.88. The van der Waals surface area contributed by atoms with Gasteiger partial charge >= 0.3 is 0 Å². The molecule has 2 heterocycles. The molecule has 2 unspecified atom stereocenters. The minimum atomic E-state index is -0.465. The maximum absolute atomic E-state index is 10.3. The Morgan fingerprint density at radius 2 is 2.22 bits per heavy atom. The average Bonchev–Trinajstić information content (AvgIpc) is 2.96. The van der Waals surface area contributed by atoms with Crippen molar-refractivity contribution < 1.29 is 9.84 Å². The summed E-state index contributed by atoms with van der Waals surface area (Å²) >= 11 is 5.15. The van der Waals surface area contributed by atoms with Crippen LogP contribution in [0.3, 0.4) is 0 Å². The fraction of sp³-hybridized carbons (Fsp3) is 0.286. The predicted octanol–water partition coefficient (Wildman–Crippen LogP) is 3.42. The second-order valence-corrected chi connectivity index (χ2v) is 6.29. The lowest BCUT2D eigenvalue weighted by Crippen LogP contribution is -2.31. The molecule has 3 rings (SSSR count). The zero-order valence-corrected chi connectivity index (χ0v) is 12.1. The third kappa shape index (κ3) is 2.32. The van der Waals surface area contributed by atoms with Crippen molar-refractivity contribution in [3.05, 3.63) is 50.6 Å². The molecule has 2 atom stereocenters. The molecule has 0 bridgehead atoms. The molecule has 4 heteroatoms. The monoisotopic (exact) mass is 324 g/mol. The average molecular weight is 325 g/mol. The number of aliphatic hydroxyl groups excluding tert-OH is 1. The Balaban J connectivity index is 1.69. The first kappa shape index (κ1) is 12.2. The SMILES string of the molecule is OC(Cc1sccc1Br)C1Cc2ccccc2O1. The van der Waals surface area contributed by atoms with Crippen molar-refractivity contribution in [3.63, 3.8) is 0 Å². The van der Waals surface area contributed by atoms with Crippen LogP contribution in [0, 0.1) is 0 Å². The highest BCUT2D eigenvalue weighted by atomic mass is 79.9. The number of para-hydroxylation sites is 1. The van der Waals surface area contributed by atoms with Gasteiger partial charge in [-0.25, -0.2) is 0 Å². The first-order chi connectivity index (χ1) is 8.74. The Morgan fingerprint density at radius 3 is 2.94 bits per heavy atom. The van der Waals surface area contributed by atoms with E-state index in [1.807, 2.05) is 29.6 Å². The van der Waals surface area contributed by atoms with Crippen molar-refractivity contribution in [2.75, 3.05) is 0 Å². The van der Waals surface area contributed by atoms with Gasteiger partial charge in [0.15, 0.2) is 0 Å². The van der Waals surface area contributed by atoms with Gasteiger partial charge in [0, 0.05) is 22.2 Å². The van der Waals surface area contributed by atoms with Crippen molar-refractivity contribution in [3.8, 4) is 5.75 Å². The van der Waals surface area contributed by atoms with E-state index in [0.29, 0.717) is 6.42 Å². The van der Waals surface area contributed by atoms with E-state index in [1.54, 1.807) is 11.3 Å². The molecule has 0 saturated heterocycles. The van der Waals surface area contributed by atoms with Crippen LogP contribution in [0.2, 0.25) is 0 Å². The largest absolute Gasteiger partial charge is 0.487 e. The standard InChI is InChI=1S/C14H13BrO2S/c15-10-5-6-18-14(10)8-11(16)13-7-9-3-1-2-4-12(9)17-13/h1-6,11,13,16H,7-8H2. The summed E-state index contributed by atoms with van der Waals surface area (Å²) in [4.78, 5) is 1.17. The van der Waals surface area contributed by atoms with Crippen LogP contribution in [-0.4, -0.2) is 17.3 Å². The fourth-order valence-electron chi connectivity index (χ4n) is 2.22. The second kappa shape index (κ2) is 5.03. The predicted molar refractivity (Wildman–Crippen MR) is 76.3 cm³/mol. The van der Waals surface area contributed by atoms with Gasteiger partial charge in [0.25, 0.3) is 0 Å². The van der Waals surface area contributed by atoms with Crippen LogP contribution in [0.4, 0.5) is 0 Å². The molecule has 2 aromatic rings. The van der Waals surface area contributed by atoms with E-state index in [4.69, 9.17) is 4.74 Å². The lowest BCUT2D eigenvalue weighted by molar-refractivity contribution is 0.0507. The van der Waals surface area contributed by atoms with Gasteiger partial charge in [-0.05, 0) is 39.0 Å². The Labute approximate surface area is 118 Å². The molecule has 0 saturated carbocycles. The number of thiophene rings is 1. The summed E-state index contributed by atoms with van der Waals surface area (Å²) < 4.78 is 6.87. The quantitative estimate of drug-likeness (QED) is 0.937. The maximum Gasteiger partial charge on any atom is 0.129 e. The van der Waals surface area contributed by atoms with E-state index >= 15 is 0 Å². The lowest BCUT2D eigenvalue weighted by atomic mass is 10.0. The van der Waals surface area contributed by atoms with Crippen LogP contribution in [0.25, 0.3) is 0 Å². The number of hydrogen-bond donors (Lipinski definition) is 1. The highest BCUT2D eigenvalue weighted by Crippen LogP contribution is 2.31. The van der Waals surface area contributed by atoms with Gasteiger partial charge in [0.05, 0.1) is 6.10 Å².